The minimum Gasteiger partial charge on any atom is -0.329 e. The van der Waals surface area contributed by atoms with Crippen LogP contribution in [0.15, 0.2) is 36.5 Å². The van der Waals surface area contributed by atoms with Gasteiger partial charge < -0.3 is 4.90 Å². The van der Waals surface area contributed by atoms with Crippen molar-refractivity contribution in [3.05, 3.63) is 59.2 Å². The number of aryl methyl sites for hydroxylation is 1. The van der Waals surface area contributed by atoms with Crippen LogP contribution in [0.5, 0.6) is 0 Å². The van der Waals surface area contributed by atoms with E-state index >= 15 is 0 Å². The fourth-order valence-corrected chi connectivity index (χ4v) is 3.03. The molecule has 0 spiro atoms. The third-order valence-corrected chi connectivity index (χ3v) is 4.43. The van der Waals surface area contributed by atoms with Gasteiger partial charge in [-0.2, -0.15) is 0 Å². The van der Waals surface area contributed by atoms with Crippen LogP contribution in [-0.2, 0) is 19.5 Å². The number of hydrogen-bond donors (Lipinski definition) is 0. The second-order valence-electron chi connectivity index (χ2n) is 5.98. The molecule has 0 radical (unpaired) electrons. The van der Waals surface area contributed by atoms with E-state index < -0.39 is 0 Å². The van der Waals surface area contributed by atoms with Gasteiger partial charge in [-0.25, -0.2) is 14.6 Å². The number of benzene rings is 1. The van der Waals surface area contributed by atoms with Gasteiger partial charge in [0.05, 0.1) is 18.3 Å². The third kappa shape index (κ3) is 2.51. The van der Waals surface area contributed by atoms with Crippen LogP contribution in [0, 0.1) is 0 Å². The SMILES string of the molecule is CCc1ncc2c(n1)CN(c1nnnn1C(C)c1ccccc1)C2. The van der Waals surface area contributed by atoms with Crippen molar-refractivity contribution >= 4 is 5.95 Å². The molecule has 1 unspecified atom stereocenters. The van der Waals surface area contributed by atoms with E-state index in [4.69, 9.17) is 0 Å². The van der Waals surface area contributed by atoms with Crippen LogP contribution in [0.3, 0.4) is 0 Å². The summed E-state index contributed by atoms with van der Waals surface area (Å²) >= 11 is 0. The fraction of sp³-hybridized carbons (Fsp3) is 0.353. The quantitative estimate of drug-likeness (QED) is 0.733. The Morgan fingerprint density at radius 3 is 2.79 bits per heavy atom. The topological polar surface area (TPSA) is 72.6 Å². The molecule has 0 saturated carbocycles. The van der Waals surface area contributed by atoms with Gasteiger partial charge in [0, 0.05) is 24.7 Å². The number of hydrogen-bond acceptors (Lipinski definition) is 6. The number of anilines is 1. The molecule has 1 atom stereocenters. The molecule has 0 fully saturated rings. The molecule has 0 amide bonds. The Morgan fingerprint density at radius 1 is 1.17 bits per heavy atom. The summed E-state index contributed by atoms with van der Waals surface area (Å²) in [5, 5.41) is 12.4. The van der Waals surface area contributed by atoms with E-state index in [1.54, 1.807) is 0 Å². The van der Waals surface area contributed by atoms with Gasteiger partial charge in [-0.15, -0.1) is 0 Å². The number of tetrazole rings is 1. The molecule has 2 aromatic heterocycles. The molecule has 3 heterocycles. The standard InChI is InChI=1S/C17H19N7/c1-3-16-18-9-14-10-23(11-15(14)19-16)17-20-21-22-24(17)12(2)13-7-5-4-6-8-13/h4-9,12H,3,10-11H2,1-2H3. The highest BCUT2D eigenvalue weighted by Crippen LogP contribution is 2.28. The minimum absolute atomic E-state index is 0.0669. The Kier molecular flexibility index (Phi) is 3.68. The van der Waals surface area contributed by atoms with Gasteiger partial charge in [-0.3, -0.25) is 0 Å². The third-order valence-electron chi connectivity index (χ3n) is 4.43. The van der Waals surface area contributed by atoms with Crippen molar-refractivity contribution < 1.29 is 0 Å². The van der Waals surface area contributed by atoms with Gasteiger partial charge in [0.2, 0.25) is 5.95 Å². The van der Waals surface area contributed by atoms with E-state index in [-0.39, 0.29) is 6.04 Å². The van der Waals surface area contributed by atoms with E-state index in [0.717, 1.165) is 36.0 Å². The maximum Gasteiger partial charge on any atom is 0.246 e. The lowest BCUT2D eigenvalue weighted by atomic mass is 10.1. The summed E-state index contributed by atoms with van der Waals surface area (Å²) in [5.74, 6) is 1.65. The summed E-state index contributed by atoms with van der Waals surface area (Å²) in [6, 6.07) is 10.3. The molecule has 1 aliphatic rings. The van der Waals surface area contributed by atoms with Crippen molar-refractivity contribution in [2.24, 2.45) is 0 Å². The zero-order chi connectivity index (χ0) is 16.5. The normalized spacial score (nSPS) is 14.7. The average molecular weight is 321 g/mol. The lowest BCUT2D eigenvalue weighted by molar-refractivity contribution is 0.536. The molecule has 0 bridgehead atoms. The van der Waals surface area contributed by atoms with E-state index in [2.05, 4.69) is 56.4 Å². The van der Waals surface area contributed by atoms with Crippen molar-refractivity contribution in [1.29, 1.82) is 0 Å². The Bertz CT molecular complexity index is 843. The smallest absolute Gasteiger partial charge is 0.246 e. The van der Waals surface area contributed by atoms with Crippen molar-refractivity contribution in [2.75, 3.05) is 4.90 Å². The van der Waals surface area contributed by atoms with Gasteiger partial charge in [-0.05, 0) is 22.9 Å². The largest absolute Gasteiger partial charge is 0.329 e. The number of rotatable bonds is 4. The first kappa shape index (κ1) is 14.7. The van der Waals surface area contributed by atoms with E-state index in [0.29, 0.717) is 6.54 Å². The van der Waals surface area contributed by atoms with Crippen molar-refractivity contribution in [3.8, 4) is 0 Å². The summed E-state index contributed by atoms with van der Waals surface area (Å²) < 4.78 is 1.87. The summed E-state index contributed by atoms with van der Waals surface area (Å²) in [6.45, 7) is 5.62. The van der Waals surface area contributed by atoms with Gasteiger partial charge in [0.1, 0.15) is 5.82 Å². The molecule has 7 heteroatoms. The zero-order valence-corrected chi connectivity index (χ0v) is 13.8. The molecular weight excluding hydrogens is 302 g/mol. The van der Waals surface area contributed by atoms with Gasteiger partial charge in [0.25, 0.3) is 0 Å². The molecule has 1 aromatic carbocycles. The Morgan fingerprint density at radius 2 is 2.00 bits per heavy atom. The van der Waals surface area contributed by atoms with Gasteiger partial charge in [0.15, 0.2) is 0 Å². The molecule has 4 rings (SSSR count). The van der Waals surface area contributed by atoms with Crippen LogP contribution in [-0.4, -0.2) is 30.2 Å². The van der Waals surface area contributed by atoms with Crippen molar-refractivity contribution in [1.82, 2.24) is 30.2 Å². The predicted octanol–water partition coefficient (Wildman–Crippen LogP) is 2.16. The summed E-state index contributed by atoms with van der Waals surface area (Å²) in [7, 11) is 0. The first-order valence-electron chi connectivity index (χ1n) is 8.17. The van der Waals surface area contributed by atoms with E-state index in [1.807, 2.05) is 29.1 Å². The molecule has 7 nitrogen and oxygen atoms in total. The summed E-state index contributed by atoms with van der Waals surface area (Å²) in [4.78, 5) is 11.2. The van der Waals surface area contributed by atoms with Crippen LogP contribution in [0.2, 0.25) is 0 Å². The first-order chi connectivity index (χ1) is 11.8. The Balaban J connectivity index is 1.62. The van der Waals surface area contributed by atoms with Crippen LogP contribution in [0.1, 0.15) is 42.5 Å². The second kappa shape index (κ2) is 5.99. The number of nitrogens with zero attached hydrogens (tertiary/aromatic N) is 7. The molecule has 0 aliphatic carbocycles. The highest BCUT2D eigenvalue weighted by atomic mass is 15.6. The first-order valence-corrected chi connectivity index (χ1v) is 8.17. The molecule has 24 heavy (non-hydrogen) atoms. The van der Waals surface area contributed by atoms with E-state index in [1.165, 1.54) is 5.56 Å². The van der Waals surface area contributed by atoms with Crippen LogP contribution in [0.25, 0.3) is 0 Å². The highest BCUT2D eigenvalue weighted by molar-refractivity contribution is 5.40. The maximum atomic E-state index is 4.63. The van der Waals surface area contributed by atoms with Crippen LogP contribution >= 0.6 is 0 Å². The molecular formula is C17H19N7. The zero-order valence-electron chi connectivity index (χ0n) is 13.8. The van der Waals surface area contributed by atoms with Crippen molar-refractivity contribution in [3.63, 3.8) is 0 Å². The van der Waals surface area contributed by atoms with Crippen molar-refractivity contribution in [2.45, 2.75) is 39.4 Å². The van der Waals surface area contributed by atoms with Gasteiger partial charge >= 0.3 is 0 Å². The lowest BCUT2D eigenvalue weighted by Crippen LogP contribution is -2.22. The fourth-order valence-electron chi connectivity index (χ4n) is 3.03. The average Bonchev–Trinajstić information content (AvgIpc) is 3.27. The van der Waals surface area contributed by atoms with Crippen LogP contribution in [0.4, 0.5) is 5.95 Å². The lowest BCUT2D eigenvalue weighted by Gasteiger charge is -2.19. The van der Waals surface area contributed by atoms with Crippen LogP contribution < -0.4 is 4.90 Å². The molecule has 3 aromatic rings. The minimum atomic E-state index is 0.0669. The van der Waals surface area contributed by atoms with Gasteiger partial charge in [-0.1, -0.05) is 42.4 Å². The summed E-state index contributed by atoms with van der Waals surface area (Å²) in [5.41, 5.74) is 3.40. The number of aromatic nitrogens is 6. The Hall–Kier alpha value is -2.83. The molecule has 0 saturated heterocycles. The molecule has 0 N–H and O–H groups in total. The molecule has 1 aliphatic heterocycles. The van der Waals surface area contributed by atoms with E-state index in [9.17, 15) is 0 Å². The molecule has 122 valence electrons. The second-order valence-corrected chi connectivity index (χ2v) is 5.98. The Labute approximate surface area is 140 Å². The highest BCUT2D eigenvalue weighted by Gasteiger charge is 2.27. The maximum absolute atomic E-state index is 4.63. The predicted molar refractivity (Wildman–Crippen MR) is 89.4 cm³/mol. The monoisotopic (exact) mass is 321 g/mol. The number of fused-ring (bicyclic) bond motifs is 1. The summed E-state index contributed by atoms with van der Waals surface area (Å²) in [6.07, 6.45) is 2.77.